The Hall–Kier alpha value is -0.200. The van der Waals surface area contributed by atoms with E-state index in [2.05, 4.69) is 33.8 Å². The van der Waals surface area contributed by atoms with Crippen molar-refractivity contribution in [2.45, 2.75) is 36.2 Å². The van der Waals surface area contributed by atoms with Crippen molar-refractivity contribution in [3.05, 3.63) is 11.6 Å². The van der Waals surface area contributed by atoms with Gasteiger partial charge in [-0.25, -0.2) is 4.98 Å². The molecule has 2 saturated carbocycles. The number of thiazole rings is 1. The van der Waals surface area contributed by atoms with E-state index in [1.807, 2.05) is 5.38 Å². The Balaban J connectivity index is 1.49. The predicted octanol–water partition coefficient (Wildman–Crippen LogP) is 4.08. The third kappa shape index (κ3) is 2.53. The first kappa shape index (κ1) is 14.4. The zero-order chi connectivity index (χ0) is 14.3. The molecule has 6 heteroatoms. The van der Waals surface area contributed by atoms with Crippen LogP contribution in [0.5, 0.6) is 0 Å². The summed E-state index contributed by atoms with van der Waals surface area (Å²) < 4.78 is 0.455. The molecule has 1 aliphatic heterocycles. The van der Waals surface area contributed by atoms with E-state index in [1.54, 1.807) is 6.20 Å². The Morgan fingerprint density at radius 3 is 2.57 bits per heavy atom. The molecule has 1 spiro atoms. The normalized spacial score (nSPS) is 34.0. The van der Waals surface area contributed by atoms with Gasteiger partial charge in [0.05, 0.1) is 4.08 Å². The topological polar surface area (TPSA) is 42.0 Å². The molecule has 2 atom stereocenters. The number of carbonyl (C=O) groups is 1. The largest absolute Gasteiger partial charge is 0.302 e. The third-order valence-corrected chi connectivity index (χ3v) is 9.86. The Morgan fingerprint density at radius 1 is 1.24 bits per heavy atom. The molecule has 2 heterocycles. The van der Waals surface area contributed by atoms with E-state index in [9.17, 15) is 4.79 Å². The van der Waals surface area contributed by atoms with Crippen LogP contribution in [0.25, 0.3) is 0 Å². The molecule has 3 fully saturated rings. The van der Waals surface area contributed by atoms with Crippen molar-refractivity contribution in [2.75, 3.05) is 16.8 Å². The summed E-state index contributed by atoms with van der Waals surface area (Å²) in [4.78, 5) is 16.7. The molecule has 114 valence electrons. The molecule has 1 N–H and O–H groups in total. The van der Waals surface area contributed by atoms with Gasteiger partial charge in [0, 0.05) is 29.0 Å². The van der Waals surface area contributed by atoms with Gasteiger partial charge in [0.2, 0.25) is 5.91 Å². The van der Waals surface area contributed by atoms with Gasteiger partial charge in [-0.05, 0) is 37.5 Å². The molecule has 1 saturated heterocycles. The standard InChI is InChI=1S/C15H20N2OS3/c18-13(17-14-16-4-5-19-14)10-8-11-2-1-3-12(9-10)15(11)20-6-7-21-15/h4-5,10-12H,1-3,6-9H2,(H,16,17,18). The Kier molecular flexibility index (Phi) is 3.96. The molecule has 1 aromatic heterocycles. The van der Waals surface area contributed by atoms with Gasteiger partial charge in [-0.2, -0.15) is 0 Å². The molecular formula is C15H20N2OS3. The maximum Gasteiger partial charge on any atom is 0.229 e. The van der Waals surface area contributed by atoms with Crippen molar-refractivity contribution >= 4 is 45.9 Å². The maximum atomic E-state index is 12.5. The second-order valence-corrected chi connectivity index (χ2v) is 10.1. The second kappa shape index (κ2) is 5.78. The van der Waals surface area contributed by atoms with E-state index >= 15 is 0 Å². The predicted molar refractivity (Wildman–Crippen MR) is 91.9 cm³/mol. The van der Waals surface area contributed by atoms with E-state index in [1.165, 1.54) is 42.1 Å². The summed E-state index contributed by atoms with van der Waals surface area (Å²) in [5, 5.41) is 5.67. The van der Waals surface area contributed by atoms with Crippen LogP contribution in [0.3, 0.4) is 0 Å². The molecule has 1 amide bonds. The first-order chi connectivity index (χ1) is 10.3. The number of amides is 1. The van der Waals surface area contributed by atoms with Crippen LogP contribution in [0.1, 0.15) is 32.1 Å². The van der Waals surface area contributed by atoms with Crippen LogP contribution in [0.4, 0.5) is 5.13 Å². The number of nitrogens with zero attached hydrogens (tertiary/aromatic N) is 1. The number of thioether (sulfide) groups is 2. The summed E-state index contributed by atoms with van der Waals surface area (Å²) in [6, 6.07) is 0. The lowest BCUT2D eigenvalue weighted by Gasteiger charge is -2.51. The highest BCUT2D eigenvalue weighted by atomic mass is 32.2. The highest BCUT2D eigenvalue weighted by Gasteiger charge is 2.55. The van der Waals surface area contributed by atoms with E-state index in [4.69, 9.17) is 0 Å². The fourth-order valence-corrected chi connectivity index (χ4v) is 8.78. The van der Waals surface area contributed by atoms with Crippen molar-refractivity contribution in [1.82, 2.24) is 4.98 Å². The van der Waals surface area contributed by atoms with Crippen LogP contribution in [0, 0.1) is 17.8 Å². The van der Waals surface area contributed by atoms with E-state index < -0.39 is 0 Å². The van der Waals surface area contributed by atoms with Crippen molar-refractivity contribution in [3.8, 4) is 0 Å². The van der Waals surface area contributed by atoms with Crippen molar-refractivity contribution in [2.24, 2.45) is 17.8 Å². The minimum absolute atomic E-state index is 0.191. The lowest BCUT2D eigenvalue weighted by Crippen LogP contribution is -2.48. The summed E-state index contributed by atoms with van der Waals surface area (Å²) in [5.41, 5.74) is 0. The molecule has 2 unspecified atom stereocenters. The molecule has 3 aliphatic rings. The lowest BCUT2D eigenvalue weighted by atomic mass is 9.67. The molecule has 4 rings (SSSR count). The lowest BCUT2D eigenvalue weighted by molar-refractivity contribution is -0.122. The number of carbonyl (C=O) groups excluding carboxylic acids is 1. The van der Waals surface area contributed by atoms with Crippen molar-refractivity contribution in [3.63, 3.8) is 0 Å². The SMILES string of the molecule is O=C(Nc1nccs1)C1CC2CCCC(C1)C21SCCS1. The zero-order valence-corrected chi connectivity index (χ0v) is 14.4. The number of aromatic nitrogens is 1. The van der Waals surface area contributed by atoms with Crippen LogP contribution in [-0.4, -0.2) is 26.5 Å². The van der Waals surface area contributed by atoms with Gasteiger partial charge < -0.3 is 5.32 Å². The van der Waals surface area contributed by atoms with Crippen LogP contribution >= 0.6 is 34.9 Å². The summed E-state index contributed by atoms with van der Waals surface area (Å²) in [6.07, 6.45) is 7.90. The second-order valence-electron chi connectivity index (χ2n) is 6.24. The fourth-order valence-electron chi connectivity index (χ4n) is 4.32. The molecule has 0 aromatic carbocycles. The van der Waals surface area contributed by atoms with Gasteiger partial charge in [0.15, 0.2) is 5.13 Å². The smallest absolute Gasteiger partial charge is 0.229 e. The van der Waals surface area contributed by atoms with Crippen LogP contribution in [-0.2, 0) is 4.79 Å². The quantitative estimate of drug-likeness (QED) is 0.881. The van der Waals surface area contributed by atoms with Gasteiger partial charge >= 0.3 is 0 Å². The number of hydrogen-bond acceptors (Lipinski definition) is 5. The molecular weight excluding hydrogens is 320 g/mol. The first-order valence-electron chi connectivity index (χ1n) is 7.76. The average molecular weight is 341 g/mol. The highest BCUT2D eigenvalue weighted by Crippen LogP contribution is 2.64. The maximum absolute atomic E-state index is 12.5. The summed E-state index contributed by atoms with van der Waals surface area (Å²) >= 11 is 5.90. The Labute approximate surface area is 138 Å². The first-order valence-corrected chi connectivity index (χ1v) is 10.6. The Morgan fingerprint density at radius 2 is 1.95 bits per heavy atom. The average Bonchev–Trinajstić information content (AvgIpc) is 3.11. The van der Waals surface area contributed by atoms with Gasteiger partial charge in [0.25, 0.3) is 0 Å². The minimum Gasteiger partial charge on any atom is -0.302 e. The van der Waals surface area contributed by atoms with E-state index in [-0.39, 0.29) is 11.8 Å². The van der Waals surface area contributed by atoms with Gasteiger partial charge in [-0.1, -0.05) is 6.42 Å². The number of hydrogen-bond donors (Lipinski definition) is 1. The summed E-state index contributed by atoms with van der Waals surface area (Å²) in [6.45, 7) is 0. The van der Waals surface area contributed by atoms with E-state index in [0.29, 0.717) is 4.08 Å². The molecule has 0 radical (unpaired) electrons. The van der Waals surface area contributed by atoms with Crippen molar-refractivity contribution in [1.29, 1.82) is 0 Å². The minimum atomic E-state index is 0.191. The van der Waals surface area contributed by atoms with Crippen LogP contribution in [0.15, 0.2) is 11.6 Å². The van der Waals surface area contributed by atoms with Gasteiger partial charge in [-0.15, -0.1) is 34.9 Å². The highest BCUT2D eigenvalue weighted by molar-refractivity contribution is 8.21. The number of rotatable bonds is 2. The molecule has 2 aliphatic carbocycles. The number of nitrogens with one attached hydrogen (secondary N) is 1. The summed E-state index contributed by atoms with van der Waals surface area (Å²) in [7, 11) is 0. The molecule has 21 heavy (non-hydrogen) atoms. The fraction of sp³-hybridized carbons (Fsp3) is 0.733. The monoisotopic (exact) mass is 340 g/mol. The summed E-state index contributed by atoms with van der Waals surface area (Å²) in [5.74, 6) is 4.45. The van der Waals surface area contributed by atoms with Crippen LogP contribution in [0.2, 0.25) is 0 Å². The Bertz CT molecular complexity index is 497. The van der Waals surface area contributed by atoms with Gasteiger partial charge in [-0.3, -0.25) is 4.79 Å². The number of anilines is 1. The molecule has 2 bridgehead atoms. The van der Waals surface area contributed by atoms with Crippen molar-refractivity contribution < 1.29 is 4.79 Å². The zero-order valence-electron chi connectivity index (χ0n) is 11.9. The molecule has 3 nitrogen and oxygen atoms in total. The van der Waals surface area contributed by atoms with Gasteiger partial charge in [0.1, 0.15) is 0 Å². The third-order valence-electron chi connectivity index (χ3n) is 5.15. The van der Waals surface area contributed by atoms with Crippen LogP contribution < -0.4 is 5.32 Å². The molecule has 1 aromatic rings. The van der Waals surface area contributed by atoms with E-state index in [0.717, 1.165) is 29.8 Å².